The Morgan fingerprint density at radius 2 is 1.71 bits per heavy atom. The molecule has 0 aromatic heterocycles. The minimum Gasteiger partial charge on any atom is -0.114 e. The minimum absolute atomic E-state index is 0.0448. The predicted octanol–water partition coefficient (Wildman–Crippen LogP) is 2.51. The molecule has 0 amide bonds. The summed E-state index contributed by atoms with van der Waals surface area (Å²) in [5, 5.41) is 0.0448. The molecule has 0 aromatic rings. The van der Waals surface area contributed by atoms with Crippen molar-refractivity contribution in [1.29, 1.82) is 0 Å². The van der Waals surface area contributed by atoms with Gasteiger partial charge < -0.3 is 0 Å². The third-order valence-electron chi connectivity index (χ3n) is 0.293. The van der Waals surface area contributed by atoms with Gasteiger partial charge in [0.05, 0.1) is 0 Å². The van der Waals surface area contributed by atoms with E-state index in [0.717, 1.165) is 0 Å². The standard InChI is InChI=1S/C4HCl3/c1-2-3(5)4(6)7/h1H. The van der Waals surface area contributed by atoms with Crippen LogP contribution in [0.4, 0.5) is 0 Å². The molecule has 0 saturated carbocycles. The van der Waals surface area contributed by atoms with E-state index in [9.17, 15) is 0 Å². The molecule has 7 heavy (non-hydrogen) atoms. The summed E-state index contributed by atoms with van der Waals surface area (Å²) in [5.41, 5.74) is 0. The van der Waals surface area contributed by atoms with Crippen LogP contribution in [-0.2, 0) is 0 Å². The highest BCUT2D eigenvalue weighted by Crippen LogP contribution is 2.15. The average Bonchev–Trinajstić information content (AvgIpc) is 1.65. The molecule has 0 unspecified atom stereocenters. The zero-order valence-corrected chi connectivity index (χ0v) is 5.48. The van der Waals surface area contributed by atoms with Gasteiger partial charge in [0.1, 0.15) is 9.52 Å². The van der Waals surface area contributed by atoms with E-state index in [4.69, 9.17) is 41.2 Å². The molecule has 0 N–H and O–H groups in total. The Hall–Kier alpha value is 0.170. The summed E-state index contributed by atoms with van der Waals surface area (Å²) in [5.74, 6) is 2.05. The summed E-state index contributed by atoms with van der Waals surface area (Å²) in [4.78, 5) is 0. The molecule has 0 aliphatic rings. The number of hydrogen-bond acceptors (Lipinski definition) is 0. The summed E-state index contributed by atoms with van der Waals surface area (Å²) in [7, 11) is 0. The van der Waals surface area contributed by atoms with Crippen molar-refractivity contribution in [3.63, 3.8) is 0 Å². The first-order chi connectivity index (χ1) is 3.18. The van der Waals surface area contributed by atoms with Crippen LogP contribution in [0.15, 0.2) is 9.52 Å². The highest BCUT2D eigenvalue weighted by atomic mass is 35.5. The largest absolute Gasteiger partial charge is 0.133 e. The Morgan fingerprint density at radius 3 is 1.71 bits per heavy atom. The predicted molar refractivity (Wildman–Crippen MR) is 33.4 cm³/mol. The van der Waals surface area contributed by atoms with Crippen molar-refractivity contribution in [2.24, 2.45) is 0 Å². The Bertz CT molecular complexity index is 124. The van der Waals surface area contributed by atoms with Gasteiger partial charge in [0, 0.05) is 0 Å². The monoisotopic (exact) mass is 154 g/mol. The van der Waals surface area contributed by atoms with E-state index < -0.39 is 0 Å². The number of halogens is 3. The van der Waals surface area contributed by atoms with Gasteiger partial charge in [0.2, 0.25) is 0 Å². The summed E-state index contributed by atoms with van der Waals surface area (Å²) in [6, 6.07) is 0. The van der Waals surface area contributed by atoms with Crippen LogP contribution in [0.2, 0.25) is 0 Å². The van der Waals surface area contributed by atoms with Gasteiger partial charge in [-0.05, 0) is 0 Å². The first kappa shape index (κ1) is 7.17. The van der Waals surface area contributed by atoms with Gasteiger partial charge in [-0.2, -0.15) is 0 Å². The molecular weight excluding hydrogens is 154 g/mol. The molecular formula is C4HCl3. The van der Waals surface area contributed by atoms with Crippen LogP contribution < -0.4 is 0 Å². The summed E-state index contributed by atoms with van der Waals surface area (Å²) in [6.45, 7) is 0. The highest BCUT2D eigenvalue weighted by Gasteiger charge is 1.89. The summed E-state index contributed by atoms with van der Waals surface area (Å²) in [6.07, 6.45) is 4.76. The third kappa shape index (κ3) is 2.82. The van der Waals surface area contributed by atoms with Crippen LogP contribution in [0, 0.1) is 12.3 Å². The van der Waals surface area contributed by atoms with Crippen LogP contribution in [0.3, 0.4) is 0 Å². The van der Waals surface area contributed by atoms with Crippen LogP contribution >= 0.6 is 34.8 Å². The number of hydrogen-bond donors (Lipinski definition) is 0. The molecule has 0 rings (SSSR count). The van der Waals surface area contributed by atoms with Crippen molar-refractivity contribution in [3.8, 4) is 12.3 Å². The van der Waals surface area contributed by atoms with Crippen molar-refractivity contribution in [2.45, 2.75) is 0 Å². The Kier molecular flexibility index (Phi) is 3.29. The molecule has 0 nitrogen and oxygen atoms in total. The van der Waals surface area contributed by atoms with E-state index in [-0.39, 0.29) is 9.52 Å². The maximum Gasteiger partial charge on any atom is 0.133 e. The van der Waals surface area contributed by atoms with Crippen molar-refractivity contribution in [3.05, 3.63) is 9.52 Å². The van der Waals surface area contributed by atoms with Crippen molar-refractivity contribution in [1.82, 2.24) is 0 Å². The van der Waals surface area contributed by atoms with Crippen molar-refractivity contribution < 1.29 is 0 Å². The van der Waals surface area contributed by atoms with Gasteiger partial charge >= 0.3 is 0 Å². The lowest BCUT2D eigenvalue weighted by Gasteiger charge is -1.78. The molecule has 0 aliphatic heterocycles. The molecule has 3 heteroatoms. The zero-order chi connectivity index (χ0) is 5.86. The highest BCUT2D eigenvalue weighted by molar-refractivity contribution is 6.59. The van der Waals surface area contributed by atoms with E-state index in [1.807, 2.05) is 5.92 Å². The zero-order valence-electron chi connectivity index (χ0n) is 3.21. The smallest absolute Gasteiger partial charge is 0.114 e. The van der Waals surface area contributed by atoms with Gasteiger partial charge in [-0.3, -0.25) is 0 Å². The van der Waals surface area contributed by atoms with Crippen molar-refractivity contribution >= 4 is 34.8 Å². The molecule has 0 saturated heterocycles. The molecule has 0 aliphatic carbocycles. The molecule has 0 fully saturated rings. The molecule has 0 bridgehead atoms. The van der Waals surface area contributed by atoms with E-state index >= 15 is 0 Å². The fourth-order valence-corrected chi connectivity index (χ4v) is 0.164. The summed E-state index contributed by atoms with van der Waals surface area (Å²) >= 11 is 15.4. The molecule has 0 aromatic carbocycles. The molecule has 0 radical (unpaired) electrons. The fourth-order valence-electron chi connectivity index (χ4n) is 0.0546. The van der Waals surface area contributed by atoms with Gasteiger partial charge in [-0.1, -0.05) is 40.7 Å². The first-order valence-electron chi connectivity index (χ1n) is 1.36. The third-order valence-corrected chi connectivity index (χ3v) is 1.16. The Balaban J connectivity index is 4.07. The second-order valence-corrected chi connectivity index (χ2v) is 2.05. The van der Waals surface area contributed by atoms with Crippen LogP contribution in [0.5, 0.6) is 0 Å². The second-order valence-electron chi connectivity index (χ2n) is 0.719. The van der Waals surface area contributed by atoms with Crippen LogP contribution in [0.25, 0.3) is 0 Å². The first-order valence-corrected chi connectivity index (χ1v) is 2.49. The van der Waals surface area contributed by atoms with Gasteiger partial charge in [0.25, 0.3) is 0 Å². The quantitative estimate of drug-likeness (QED) is 0.472. The SMILES string of the molecule is C#CC(Cl)=C(Cl)Cl. The van der Waals surface area contributed by atoms with Gasteiger partial charge in [0.15, 0.2) is 0 Å². The fraction of sp³-hybridized carbons (Fsp3) is 0. The average molecular weight is 155 g/mol. The van der Waals surface area contributed by atoms with E-state index in [2.05, 4.69) is 0 Å². The van der Waals surface area contributed by atoms with E-state index in [1.54, 1.807) is 0 Å². The Morgan fingerprint density at radius 1 is 1.29 bits per heavy atom. The topological polar surface area (TPSA) is 0 Å². The van der Waals surface area contributed by atoms with Gasteiger partial charge in [-0.25, -0.2) is 0 Å². The normalized spacial score (nSPS) is 7.14. The minimum atomic E-state index is -0.0656. The van der Waals surface area contributed by atoms with E-state index in [0.29, 0.717) is 0 Å². The number of rotatable bonds is 0. The lowest BCUT2D eigenvalue weighted by atomic mass is 10.7. The Labute approximate surface area is 57.1 Å². The molecule has 38 valence electrons. The lowest BCUT2D eigenvalue weighted by molar-refractivity contribution is 2.08. The summed E-state index contributed by atoms with van der Waals surface area (Å²) < 4.78 is -0.0656. The molecule has 0 heterocycles. The van der Waals surface area contributed by atoms with Crippen LogP contribution in [0.1, 0.15) is 0 Å². The van der Waals surface area contributed by atoms with Gasteiger partial charge in [-0.15, -0.1) is 6.42 Å². The lowest BCUT2D eigenvalue weighted by Crippen LogP contribution is -1.59. The van der Waals surface area contributed by atoms with Crippen LogP contribution in [-0.4, -0.2) is 0 Å². The molecule has 0 spiro atoms. The maximum atomic E-state index is 5.18. The van der Waals surface area contributed by atoms with Crippen molar-refractivity contribution in [2.75, 3.05) is 0 Å². The molecule has 0 atom stereocenters. The number of terminal acetylenes is 1. The number of allylic oxidation sites excluding steroid dienone is 1. The second kappa shape index (κ2) is 3.21. The maximum absolute atomic E-state index is 5.18. The van der Waals surface area contributed by atoms with E-state index in [1.165, 1.54) is 0 Å².